The van der Waals surface area contributed by atoms with E-state index in [9.17, 15) is 9.59 Å². The van der Waals surface area contributed by atoms with Crippen LogP contribution < -0.4 is 16.4 Å². The molecule has 0 saturated heterocycles. The van der Waals surface area contributed by atoms with E-state index in [1.54, 1.807) is 0 Å². The van der Waals surface area contributed by atoms with Gasteiger partial charge in [-0.05, 0) is 17.0 Å². The molecule has 0 radical (unpaired) electrons. The lowest BCUT2D eigenvalue weighted by atomic mass is 10.0. The van der Waals surface area contributed by atoms with Crippen molar-refractivity contribution in [1.29, 1.82) is 0 Å². The average Bonchev–Trinajstić information content (AvgIpc) is 2.59. The SMILES string of the molecule is CC(C)c1ccc(CC[NH2+][C@@H](C(=O)NC(N)=O)c2ccccc2)cc1. The number of imide groups is 1. The molecule has 0 bridgehead atoms. The molecule has 0 aliphatic heterocycles. The number of nitrogens with one attached hydrogen (secondary N) is 1. The number of quaternary nitrogens is 1. The molecule has 0 spiro atoms. The number of carbonyl (C=O) groups excluding carboxylic acids is 2. The Morgan fingerprint density at radius 2 is 1.64 bits per heavy atom. The highest BCUT2D eigenvalue weighted by atomic mass is 16.2. The zero-order valence-electron chi connectivity index (χ0n) is 14.7. The van der Waals surface area contributed by atoms with Crippen LogP contribution in [0.15, 0.2) is 54.6 Å². The van der Waals surface area contributed by atoms with Crippen LogP contribution in [-0.2, 0) is 11.2 Å². The van der Waals surface area contributed by atoms with E-state index in [0.717, 1.165) is 18.5 Å². The van der Waals surface area contributed by atoms with Gasteiger partial charge in [-0.25, -0.2) is 4.79 Å². The van der Waals surface area contributed by atoms with Gasteiger partial charge < -0.3 is 11.1 Å². The summed E-state index contributed by atoms with van der Waals surface area (Å²) in [5.41, 5.74) is 8.47. The Balaban J connectivity index is 1.99. The van der Waals surface area contributed by atoms with Crippen molar-refractivity contribution in [3.63, 3.8) is 0 Å². The van der Waals surface area contributed by atoms with E-state index in [0.29, 0.717) is 5.92 Å². The van der Waals surface area contributed by atoms with Gasteiger partial charge >= 0.3 is 6.03 Å². The van der Waals surface area contributed by atoms with Crippen molar-refractivity contribution in [2.24, 2.45) is 5.73 Å². The van der Waals surface area contributed by atoms with Crippen LogP contribution in [0.4, 0.5) is 4.79 Å². The van der Waals surface area contributed by atoms with Crippen LogP contribution >= 0.6 is 0 Å². The smallest absolute Gasteiger partial charge is 0.319 e. The fourth-order valence-corrected chi connectivity index (χ4v) is 2.74. The normalized spacial score (nSPS) is 12.0. The molecule has 0 aliphatic rings. The summed E-state index contributed by atoms with van der Waals surface area (Å²) in [6.07, 6.45) is 0.839. The Labute approximate surface area is 148 Å². The fraction of sp³-hybridized carbons (Fsp3) is 0.300. The molecule has 3 amide bonds. The maximum atomic E-state index is 12.3. The van der Waals surface area contributed by atoms with Gasteiger partial charge in [0.25, 0.3) is 5.91 Å². The third-order valence-electron chi connectivity index (χ3n) is 4.17. The summed E-state index contributed by atoms with van der Waals surface area (Å²) in [5.74, 6) is 0.120. The summed E-state index contributed by atoms with van der Waals surface area (Å²) in [4.78, 5) is 23.3. The molecule has 0 unspecified atom stereocenters. The molecule has 5 nitrogen and oxygen atoms in total. The van der Waals surface area contributed by atoms with Crippen molar-refractivity contribution in [3.8, 4) is 0 Å². The first-order valence-corrected chi connectivity index (χ1v) is 8.54. The van der Waals surface area contributed by atoms with Gasteiger partial charge in [-0.1, -0.05) is 68.4 Å². The van der Waals surface area contributed by atoms with E-state index in [1.807, 2.05) is 35.6 Å². The van der Waals surface area contributed by atoms with Crippen molar-refractivity contribution in [1.82, 2.24) is 5.32 Å². The van der Waals surface area contributed by atoms with E-state index in [-0.39, 0.29) is 0 Å². The first-order chi connectivity index (χ1) is 12.0. The van der Waals surface area contributed by atoms with Gasteiger partial charge in [0.1, 0.15) is 0 Å². The summed E-state index contributed by atoms with van der Waals surface area (Å²) >= 11 is 0. The molecule has 132 valence electrons. The van der Waals surface area contributed by atoms with Gasteiger partial charge in [-0.2, -0.15) is 0 Å². The van der Waals surface area contributed by atoms with E-state index < -0.39 is 18.0 Å². The molecule has 2 aromatic carbocycles. The third-order valence-corrected chi connectivity index (χ3v) is 4.17. The van der Waals surface area contributed by atoms with Crippen LogP contribution in [0.3, 0.4) is 0 Å². The van der Waals surface area contributed by atoms with Crippen molar-refractivity contribution >= 4 is 11.9 Å². The molecular weight excluding hydrogens is 314 g/mol. The third kappa shape index (κ3) is 5.72. The minimum Gasteiger partial charge on any atom is -0.351 e. The number of primary amides is 1. The summed E-state index contributed by atoms with van der Waals surface area (Å²) < 4.78 is 0. The van der Waals surface area contributed by atoms with Gasteiger partial charge in [-0.15, -0.1) is 0 Å². The lowest BCUT2D eigenvalue weighted by Crippen LogP contribution is -2.88. The summed E-state index contributed by atoms with van der Waals surface area (Å²) in [6, 6.07) is 16.6. The van der Waals surface area contributed by atoms with Gasteiger partial charge in [0, 0.05) is 12.0 Å². The number of hydrogen-bond acceptors (Lipinski definition) is 2. The van der Waals surface area contributed by atoms with E-state index in [1.165, 1.54) is 11.1 Å². The predicted molar refractivity (Wildman–Crippen MR) is 97.9 cm³/mol. The molecule has 0 fully saturated rings. The summed E-state index contributed by atoms with van der Waals surface area (Å²) in [5, 5.41) is 4.11. The van der Waals surface area contributed by atoms with Crippen molar-refractivity contribution in [2.75, 3.05) is 6.54 Å². The molecule has 5 heteroatoms. The van der Waals surface area contributed by atoms with Crippen LogP contribution in [0.25, 0.3) is 0 Å². The van der Waals surface area contributed by atoms with Crippen LogP contribution in [0.5, 0.6) is 0 Å². The van der Waals surface area contributed by atoms with Gasteiger partial charge in [0.15, 0.2) is 6.04 Å². The molecule has 0 aromatic heterocycles. The Hall–Kier alpha value is -2.66. The Morgan fingerprint density at radius 1 is 1.00 bits per heavy atom. The van der Waals surface area contributed by atoms with E-state index in [4.69, 9.17) is 5.73 Å². The van der Waals surface area contributed by atoms with Crippen LogP contribution in [0, 0.1) is 0 Å². The van der Waals surface area contributed by atoms with Crippen LogP contribution in [0.2, 0.25) is 0 Å². The second-order valence-electron chi connectivity index (χ2n) is 6.41. The summed E-state index contributed by atoms with van der Waals surface area (Å²) in [6.45, 7) is 5.07. The molecule has 2 rings (SSSR count). The highest BCUT2D eigenvalue weighted by molar-refractivity contribution is 5.96. The second kappa shape index (κ2) is 8.99. The molecule has 25 heavy (non-hydrogen) atoms. The van der Waals surface area contributed by atoms with E-state index >= 15 is 0 Å². The summed E-state index contributed by atoms with van der Waals surface area (Å²) in [7, 11) is 0. The highest BCUT2D eigenvalue weighted by Crippen LogP contribution is 2.14. The molecule has 5 N–H and O–H groups in total. The number of amides is 3. The van der Waals surface area contributed by atoms with Crippen molar-refractivity contribution in [2.45, 2.75) is 32.2 Å². The lowest BCUT2D eigenvalue weighted by Gasteiger charge is -2.15. The maximum Gasteiger partial charge on any atom is 0.319 e. The monoisotopic (exact) mass is 340 g/mol. The first kappa shape index (κ1) is 18.7. The topological polar surface area (TPSA) is 88.8 Å². The van der Waals surface area contributed by atoms with Gasteiger partial charge in [0.05, 0.1) is 6.54 Å². The molecule has 0 heterocycles. The van der Waals surface area contributed by atoms with Crippen LogP contribution in [-0.4, -0.2) is 18.5 Å². The molecule has 2 aromatic rings. The van der Waals surface area contributed by atoms with Crippen molar-refractivity contribution < 1.29 is 14.9 Å². The molecule has 0 aliphatic carbocycles. The molecule has 0 saturated carbocycles. The van der Waals surface area contributed by atoms with Crippen molar-refractivity contribution in [3.05, 3.63) is 71.3 Å². The lowest BCUT2D eigenvalue weighted by molar-refractivity contribution is -0.682. The zero-order chi connectivity index (χ0) is 18.2. The minimum atomic E-state index is -0.830. The fourth-order valence-electron chi connectivity index (χ4n) is 2.74. The first-order valence-electron chi connectivity index (χ1n) is 8.54. The standard InChI is InChI=1S/C20H25N3O2/c1-14(2)16-10-8-15(9-11-16)12-13-22-18(19(24)23-20(21)25)17-6-4-3-5-7-17/h3-11,14,18,22H,12-13H2,1-2H3,(H3,21,23,24,25)/p+1/t18-/m1/s1. The maximum absolute atomic E-state index is 12.3. The minimum absolute atomic E-state index is 0.395. The largest absolute Gasteiger partial charge is 0.351 e. The van der Waals surface area contributed by atoms with Gasteiger partial charge in [-0.3, -0.25) is 10.1 Å². The number of rotatable bonds is 7. The Kier molecular flexibility index (Phi) is 6.71. The molecule has 1 atom stereocenters. The van der Waals surface area contributed by atoms with E-state index in [2.05, 4.69) is 43.4 Å². The van der Waals surface area contributed by atoms with Crippen LogP contribution in [0.1, 0.15) is 42.5 Å². The number of carbonyl (C=O) groups is 2. The second-order valence-corrected chi connectivity index (χ2v) is 6.41. The molecular formula is C20H26N3O2+. The zero-order valence-corrected chi connectivity index (χ0v) is 14.7. The van der Waals surface area contributed by atoms with Gasteiger partial charge in [0.2, 0.25) is 0 Å². The number of urea groups is 1. The number of benzene rings is 2. The number of nitrogens with two attached hydrogens (primary N) is 2. The number of hydrogen-bond donors (Lipinski definition) is 3. The predicted octanol–water partition coefficient (Wildman–Crippen LogP) is 1.85. The Bertz CT molecular complexity index is 697. The quantitative estimate of drug-likeness (QED) is 0.718. The highest BCUT2D eigenvalue weighted by Gasteiger charge is 2.24. The Morgan fingerprint density at radius 3 is 2.20 bits per heavy atom. The average molecular weight is 340 g/mol.